The largest absolute Gasteiger partial charge is 0.492 e. The average Bonchev–Trinajstić information content (AvgIpc) is 3.30. The molecule has 5 rings (SSSR count). The van der Waals surface area contributed by atoms with Crippen molar-refractivity contribution in [1.82, 2.24) is 9.47 Å². The Labute approximate surface area is 236 Å². The summed E-state index contributed by atoms with van der Waals surface area (Å²) in [6.45, 7) is 9.67. The fourth-order valence-electron chi connectivity index (χ4n) is 4.81. The quantitative estimate of drug-likeness (QED) is 0.163. The second kappa shape index (κ2) is 12.0. The maximum atomic E-state index is 13.5. The highest BCUT2D eigenvalue weighted by Crippen LogP contribution is 2.43. The Balaban J connectivity index is 1.59. The van der Waals surface area contributed by atoms with Gasteiger partial charge < -0.3 is 18.4 Å². The number of nitrogens with zero attached hydrogens (tertiary/aromatic N) is 2. The van der Waals surface area contributed by atoms with E-state index in [4.69, 9.17) is 8.92 Å². The number of hydrogen-bond acceptors (Lipinski definition) is 5. The Kier molecular flexibility index (Phi) is 8.24. The van der Waals surface area contributed by atoms with E-state index in [0.29, 0.717) is 23.4 Å². The summed E-state index contributed by atoms with van der Waals surface area (Å²) in [5.74, 6) is 1.08. The lowest BCUT2D eigenvalue weighted by Gasteiger charge is -2.18. The number of likely N-dealkylation sites (N-methyl/N-ethyl adjacent to an activating group) is 1. The van der Waals surface area contributed by atoms with Crippen LogP contribution in [0.1, 0.15) is 19.4 Å². The molecule has 6 nitrogen and oxygen atoms in total. The Morgan fingerprint density at radius 3 is 2.10 bits per heavy atom. The predicted octanol–water partition coefficient (Wildman–Crippen LogP) is 7.09. The molecule has 0 saturated carbocycles. The number of hydrogen-bond donors (Lipinski definition) is 0. The fraction of sp³-hybridized carbons (Fsp3) is 0.212. The molecule has 0 aliphatic carbocycles. The van der Waals surface area contributed by atoms with E-state index < -0.39 is 10.1 Å². The highest BCUT2D eigenvalue weighted by Gasteiger charge is 2.26. The molecule has 0 N–H and O–H groups in total. The normalized spacial score (nSPS) is 11.7. The number of ether oxygens (including phenoxy) is 1. The van der Waals surface area contributed by atoms with Crippen molar-refractivity contribution in [1.29, 1.82) is 0 Å². The SMILES string of the molecule is CCN(CC)CCOc1ccc(-n2c(-c3ccccc3)c(OS(=O)(=O)c3ccc(C)cc3)c3ccccc32)cc1. The number of rotatable bonds is 11. The summed E-state index contributed by atoms with van der Waals surface area (Å²) < 4.78 is 41.0. The molecule has 4 aromatic carbocycles. The van der Waals surface area contributed by atoms with E-state index in [9.17, 15) is 8.42 Å². The smallest absolute Gasteiger partial charge is 0.339 e. The summed E-state index contributed by atoms with van der Waals surface area (Å²) in [6, 6.07) is 32.0. The van der Waals surface area contributed by atoms with E-state index in [-0.39, 0.29) is 4.90 Å². The number of benzene rings is 4. The average molecular weight is 555 g/mol. The highest BCUT2D eigenvalue weighted by molar-refractivity contribution is 7.87. The second-order valence-electron chi connectivity index (χ2n) is 9.62. The van der Waals surface area contributed by atoms with Crippen LogP contribution in [-0.4, -0.2) is 44.1 Å². The summed E-state index contributed by atoms with van der Waals surface area (Å²) in [7, 11) is -4.09. The van der Waals surface area contributed by atoms with Gasteiger partial charge in [-0.05, 0) is 68.5 Å². The molecule has 0 aliphatic heterocycles. The van der Waals surface area contributed by atoms with Crippen LogP contribution in [0.4, 0.5) is 0 Å². The van der Waals surface area contributed by atoms with Gasteiger partial charge in [0.05, 0.1) is 11.2 Å². The predicted molar refractivity (Wildman–Crippen MR) is 161 cm³/mol. The van der Waals surface area contributed by atoms with Crippen LogP contribution in [0, 0.1) is 6.92 Å². The molecule has 0 radical (unpaired) electrons. The van der Waals surface area contributed by atoms with E-state index in [1.54, 1.807) is 24.3 Å². The molecule has 1 heterocycles. The van der Waals surface area contributed by atoms with E-state index in [2.05, 4.69) is 18.7 Å². The van der Waals surface area contributed by atoms with E-state index in [0.717, 1.165) is 47.7 Å². The second-order valence-corrected chi connectivity index (χ2v) is 11.2. The van der Waals surface area contributed by atoms with Gasteiger partial charge in [0.2, 0.25) is 0 Å². The van der Waals surface area contributed by atoms with Crippen molar-refractivity contribution < 1.29 is 17.3 Å². The maximum Gasteiger partial charge on any atom is 0.339 e. The third-order valence-electron chi connectivity index (χ3n) is 7.04. The minimum Gasteiger partial charge on any atom is -0.492 e. The third kappa shape index (κ3) is 5.76. The zero-order valence-electron chi connectivity index (χ0n) is 23.1. The van der Waals surface area contributed by atoms with Gasteiger partial charge in [-0.3, -0.25) is 0 Å². The highest BCUT2D eigenvalue weighted by atomic mass is 32.2. The molecule has 0 aliphatic rings. The molecule has 1 aromatic heterocycles. The molecule has 5 aromatic rings. The zero-order valence-corrected chi connectivity index (χ0v) is 23.9. The molecular weight excluding hydrogens is 520 g/mol. The van der Waals surface area contributed by atoms with Crippen molar-refractivity contribution >= 4 is 21.0 Å². The van der Waals surface area contributed by atoms with Crippen molar-refractivity contribution in [3.63, 3.8) is 0 Å². The summed E-state index contributed by atoms with van der Waals surface area (Å²) in [4.78, 5) is 2.43. The monoisotopic (exact) mass is 554 g/mol. The first kappa shape index (κ1) is 27.5. The van der Waals surface area contributed by atoms with Crippen LogP contribution in [0.2, 0.25) is 0 Å². The van der Waals surface area contributed by atoms with Crippen molar-refractivity contribution in [2.24, 2.45) is 0 Å². The Morgan fingerprint density at radius 2 is 1.43 bits per heavy atom. The lowest BCUT2D eigenvalue weighted by Crippen LogP contribution is -2.27. The van der Waals surface area contributed by atoms with E-state index in [1.165, 1.54) is 0 Å². The summed E-state index contributed by atoms with van der Waals surface area (Å²) in [6.07, 6.45) is 0. The van der Waals surface area contributed by atoms with Crippen LogP contribution >= 0.6 is 0 Å². The van der Waals surface area contributed by atoms with Gasteiger partial charge in [-0.1, -0.05) is 74.0 Å². The third-order valence-corrected chi connectivity index (χ3v) is 8.28. The summed E-state index contributed by atoms with van der Waals surface area (Å²) >= 11 is 0. The lowest BCUT2D eigenvalue weighted by atomic mass is 10.1. The Morgan fingerprint density at radius 1 is 0.775 bits per heavy atom. The summed E-state index contributed by atoms with van der Waals surface area (Å²) in [5.41, 5.74) is 4.18. The molecule has 0 bridgehead atoms. The maximum absolute atomic E-state index is 13.5. The standard InChI is InChI=1S/C33H34N2O4S/c1-4-34(5-2)23-24-38-28-19-17-27(18-20-28)35-31-14-10-9-13-30(31)33(32(35)26-11-7-6-8-12-26)39-40(36,37)29-21-15-25(3)16-22-29/h6-22H,4-5,23-24H2,1-3H3. The molecule has 0 atom stereocenters. The molecule has 0 amide bonds. The Hall–Kier alpha value is -4.07. The summed E-state index contributed by atoms with van der Waals surface area (Å²) in [5, 5.41) is 0.705. The molecule has 0 fully saturated rings. The number of fused-ring (bicyclic) bond motifs is 1. The van der Waals surface area contributed by atoms with Crippen molar-refractivity contribution in [3.8, 4) is 28.4 Å². The minimum absolute atomic E-state index is 0.111. The molecule has 40 heavy (non-hydrogen) atoms. The molecule has 206 valence electrons. The lowest BCUT2D eigenvalue weighted by molar-refractivity contribution is 0.223. The number of para-hydroxylation sites is 1. The van der Waals surface area contributed by atoms with Crippen molar-refractivity contribution in [3.05, 3.63) is 109 Å². The van der Waals surface area contributed by atoms with Crippen LogP contribution in [0.15, 0.2) is 108 Å². The molecular formula is C33H34N2O4S. The van der Waals surface area contributed by atoms with Crippen LogP contribution in [0.25, 0.3) is 27.8 Å². The van der Waals surface area contributed by atoms with Gasteiger partial charge >= 0.3 is 10.1 Å². The van der Waals surface area contributed by atoms with Crippen LogP contribution < -0.4 is 8.92 Å². The van der Waals surface area contributed by atoms with Gasteiger partial charge in [-0.15, -0.1) is 0 Å². The molecule has 0 unspecified atom stereocenters. The van der Waals surface area contributed by atoms with Gasteiger partial charge in [0.15, 0.2) is 5.75 Å². The first-order valence-corrected chi connectivity index (χ1v) is 15.0. The van der Waals surface area contributed by atoms with Gasteiger partial charge in [-0.25, -0.2) is 0 Å². The number of aryl methyl sites for hydroxylation is 1. The van der Waals surface area contributed by atoms with Crippen LogP contribution in [0.5, 0.6) is 11.5 Å². The minimum atomic E-state index is -4.09. The van der Waals surface area contributed by atoms with Crippen molar-refractivity contribution in [2.45, 2.75) is 25.7 Å². The van der Waals surface area contributed by atoms with E-state index >= 15 is 0 Å². The van der Waals surface area contributed by atoms with Gasteiger partial charge in [0.1, 0.15) is 17.3 Å². The van der Waals surface area contributed by atoms with Crippen LogP contribution in [0.3, 0.4) is 0 Å². The van der Waals surface area contributed by atoms with E-state index in [1.807, 2.05) is 90.4 Å². The zero-order chi connectivity index (χ0) is 28.1. The molecule has 0 spiro atoms. The Bertz CT molecular complexity index is 1670. The van der Waals surface area contributed by atoms with Crippen LogP contribution in [-0.2, 0) is 10.1 Å². The van der Waals surface area contributed by atoms with Gasteiger partial charge in [0, 0.05) is 23.2 Å². The number of aromatic nitrogens is 1. The fourth-order valence-corrected chi connectivity index (χ4v) is 5.76. The molecule has 0 saturated heterocycles. The van der Waals surface area contributed by atoms with Crippen molar-refractivity contribution in [2.75, 3.05) is 26.2 Å². The first-order valence-electron chi connectivity index (χ1n) is 13.6. The first-order chi connectivity index (χ1) is 19.4. The molecule has 7 heteroatoms. The van der Waals surface area contributed by atoms with Gasteiger partial charge in [0.25, 0.3) is 0 Å². The topological polar surface area (TPSA) is 60.8 Å². The van der Waals surface area contributed by atoms with Gasteiger partial charge in [-0.2, -0.15) is 8.42 Å².